The largest absolute Gasteiger partial charge is 0.373 e. The molecule has 0 aliphatic rings. The van der Waals surface area contributed by atoms with Crippen LogP contribution in [0.5, 0.6) is 0 Å². The molecule has 0 amide bonds. The van der Waals surface area contributed by atoms with Gasteiger partial charge in [0.05, 0.1) is 0 Å². The third kappa shape index (κ3) is 2.67. The summed E-state index contributed by atoms with van der Waals surface area (Å²) in [6, 6.07) is 8.71. The van der Waals surface area contributed by atoms with Crippen LogP contribution in [-0.4, -0.2) is 29.0 Å². The Morgan fingerprint density at radius 3 is 2.52 bits per heavy atom. The van der Waals surface area contributed by atoms with Crippen molar-refractivity contribution in [1.29, 1.82) is 0 Å². The zero-order valence-corrected chi connectivity index (χ0v) is 13.3. The van der Waals surface area contributed by atoms with Crippen molar-refractivity contribution in [2.75, 3.05) is 24.7 Å². The highest BCUT2D eigenvalue weighted by Gasteiger charge is 2.19. The van der Waals surface area contributed by atoms with Crippen molar-refractivity contribution in [3.8, 4) is 0 Å². The molecule has 0 aliphatic heterocycles. The Morgan fingerprint density at radius 1 is 1.00 bits per heavy atom. The summed E-state index contributed by atoms with van der Waals surface area (Å²) in [4.78, 5) is 13.3. The smallest absolute Gasteiger partial charge is 0.149 e. The first-order valence-electron chi connectivity index (χ1n) is 7.42. The maximum atomic E-state index is 14.2. The summed E-state index contributed by atoms with van der Waals surface area (Å²) in [5.74, 6) is 1.46. The van der Waals surface area contributed by atoms with Gasteiger partial charge in [0, 0.05) is 37.2 Å². The van der Waals surface area contributed by atoms with E-state index in [9.17, 15) is 4.39 Å². The Balaban J connectivity index is 2.18. The molecular weight excluding hydrogens is 293 g/mol. The number of hydrogen-bond acceptors (Lipinski definition) is 5. The van der Waals surface area contributed by atoms with Gasteiger partial charge in [-0.05, 0) is 18.2 Å². The van der Waals surface area contributed by atoms with Crippen molar-refractivity contribution in [3.05, 3.63) is 53.7 Å². The first-order valence-corrected chi connectivity index (χ1v) is 7.42. The zero-order valence-electron chi connectivity index (χ0n) is 13.3. The summed E-state index contributed by atoms with van der Waals surface area (Å²) in [5, 5.41) is 6.76. The van der Waals surface area contributed by atoms with Crippen LogP contribution in [0.3, 0.4) is 0 Å². The minimum absolute atomic E-state index is 0.123. The molecule has 0 bridgehead atoms. The highest BCUT2D eigenvalue weighted by molar-refractivity contribution is 5.89. The first kappa shape index (κ1) is 15.1. The fourth-order valence-electron chi connectivity index (χ4n) is 2.63. The average molecular weight is 311 g/mol. The second-order valence-electron chi connectivity index (χ2n) is 5.23. The van der Waals surface area contributed by atoms with Crippen LogP contribution in [-0.2, 0) is 0 Å². The molecule has 2 aromatic heterocycles. The summed E-state index contributed by atoms with van der Waals surface area (Å²) >= 11 is 0. The van der Waals surface area contributed by atoms with Crippen molar-refractivity contribution in [3.63, 3.8) is 0 Å². The minimum atomic E-state index is -0.352. The molecule has 3 rings (SSSR count). The van der Waals surface area contributed by atoms with Crippen LogP contribution in [0.1, 0.15) is 24.2 Å². The number of pyridine rings is 1. The number of anilines is 2. The molecule has 0 saturated heterocycles. The molecule has 6 heteroatoms. The van der Waals surface area contributed by atoms with Crippen molar-refractivity contribution in [2.24, 2.45) is 0 Å². The molecule has 0 aliphatic carbocycles. The van der Waals surface area contributed by atoms with Gasteiger partial charge in [0.25, 0.3) is 0 Å². The van der Waals surface area contributed by atoms with Gasteiger partial charge in [0.1, 0.15) is 28.8 Å². The van der Waals surface area contributed by atoms with Crippen molar-refractivity contribution in [1.82, 2.24) is 15.0 Å². The second kappa shape index (κ2) is 6.16. The average Bonchev–Trinajstić information content (AvgIpc) is 2.60. The van der Waals surface area contributed by atoms with E-state index in [1.54, 1.807) is 19.3 Å². The molecule has 2 heterocycles. The lowest BCUT2D eigenvalue weighted by Crippen LogP contribution is -2.09. The van der Waals surface area contributed by atoms with E-state index >= 15 is 0 Å². The summed E-state index contributed by atoms with van der Waals surface area (Å²) in [7, 11) is 3.59. The first-order chi connectivity index (χ1) is 11.2. The van der Waals surface area contributed by atoms with E-state index in [1.165, 1.54) is 6.07 Å². The zero-order chi connectivity index (χ0) is 16.4. The SMILES string of the molecule is CNc1ncccc1[C@H](C)c1nc(NC)c2cccc(F)c2n1. The van der Waals surface area contributed by atoms with E-state index in [0.717, 1.165) is 11.4 Å². The van der Waals surface area contributed by atoms with Gasteiger partial charge in [-0.15, -0.1) is 0 Å². The Bertz CT molecular complexity index is 850. The molecule has 0 radical (unpaired) electrons. The third-order valence-corrected chi connectivity index (χ3v) is 3.86. The summed E-state index contributed by atoms with van der Waals surface area (Å²) < 4.78 is 14.2. The highest BCUT2D eigenvalue weighted by atomic mass is 19.1. The van der Waals surface area contributed by atoms with Crippen LogP contribution in [0.2, 0.25) is 0 Å². The van der Waals surface area contributed by atoms with E-state index < -0.39 is 0 Å². The van der Waals surface area contributed by atoms with E-state index in [2.05, 4.69) is 25.6 Å². The topological polar surface area (TPSA) is 62.7 Å². The molecule has 23 heavy (non-hydrogen) atoms. The quantitative estimate of drug-likeness (QED) is 0.773. The van der Waals surface area contributed by atoms with Gasteiger partial charge in [-0.1, -0.05) is 19.1 Å². The summed E-state index contributed by atoms with van der Waals surface area (Å²) in [6.45, 7) is 1.99. The van der Waals surface area contributed by atoms with Crippen LogP contribution in [0, 0.1) is 5.82 Å². The lowest BCUT2D eigenvalue weighted by atomic mass is 10.0. The predicted molar refractivity (Wildman–Crippen MR) is 90.3 cm³/mol. The number of halogens is 1. The maximum absolute atomic E-state index is 14.2. The van der Waals surface area contributed by atoms with Gasteiger partial charge in [-0.2, -0.15) is 0 Å². The highest BCUT2D eigenvalue weighted by Crippen LogP contribution is 2.30. The van der Waals surface area contributed by atoms with Crippen molar-refractivity contribution < 1.29 is 4.39 Å². The Kier molecular flexibility index (Phi) is 4.06. The lowest BCUT2D eigenvalue weighted by molar-refractivity contribution is 0.635. The number of rotatable bonds is 4. The number of nitrogens with zero attached hydrogens (tertiary/aromatic N) is 3. The number of aromatic nitrogens is 3. The van der Waals surface area contributed by atoms with Crippen LogP contribution in [0.25, 0.3) is 10.9 Å². The Labute approximate surface area is 134 Å². The van der Waals surface area contributed by atoms with Gasteiger partial charge >= 0.3 is 0 Å². The van der Waals surface area contributed by atoms with Crippen LogP contribution in [0.4, 0.5) is 16.0 Å². The van der Waals surface area contributed by atoms with Crippen molar-refractivity contribution in [2.45, 2.75) is 12.8 Å². The molecule has 3 aromatic rings. The van der Waals surface area contributed by atoms with E-state index in [-0.39, 0.29) is 11.7 Å². The van der Waals surface area contributed by atoms with Crippen molar-refractivity contribution >= 4 is 22.5 Å². The molecule has 0 spiro atoms. The van der Waals surface area contributed by atoms with Gasteiger partial charge in [0.15, 0.2) is 0 Å². The van der Waals surface area contributed by atoms with Gasteiger partial charge in [0.2, 0.25) is 0 Å². The second-order valence-corrected chi connectivity index (χ2v) is 5.23. The molecule has 0 saturated carbocycles. The molecule has 0 unspecified atom stereocenters. The normalized spacial score (nSPS) is 12.2. The Hall–Kier alpha value is -2.76. The van der Waals surface area contributed by atoms with E-state index in [1.807, 2.05) is 32.2 Å². The summed E-state index contributed by atoms with van der Waals surface area (Å²) in [6.07, 6.45) is 1.72. The van der Waals surface area contributed by atoms with Gasteiger partial charge in [-0.3, -0.25) is 0 Å². The number of para-hydroxylation sites is 1. The Morgan fingerprint density at radius 2 is 1.78 bits per heavy atom. The number of hydrogen-bond donors (Lipinski definition) is 2. The van der Waals surface area contributed by atoms with Crippen LogP contribution < -0.4 is 10.6 Å². The fourth-order valence-corrected chi connectivity index (χ4v) is 2.63. The lowest BCUT2D eigenvalue weighted by Gasteiger charge is -2.16. The molecule has 118 valence electrons. The van der Waals surface area contributed by atoms with E-state index in [0.29, 0.717) is 22.5 Å². The predicted octanol–water partition coefficient (Wildman–Crippen LogP) is 3.40. The molecule has 0 fully saturated rings. The van der Waals surface area contributed by atoms with Gasteiger partial charge in [-0.25, -0.2) is 19.3 Å². The fraction of sp³-hybridized carbons (Fsp3) is 0.235. The minimum Gasteiger partial charge on any atom is -0.373 e. The standard InChI is InChI=1S/C17H18FN5/c1-10(11-7-5-9-21-16(11)19-2)15-22-14-12(17(20-3)23-15)6-4-8-13(14)18/h4-10H,1-3H3,(H,19,21)(H,20,22,23)/t10-/m0/s1. The number of fused-ring (bicyclic) bond motifs is 1. The molecule has 1 aromatic carbocycles. The number of nitrogens with one attached hydrogen (secondary N) is 2. The van der Waals surface area contributed by atoms with Gasteiger partial charge < -0.3 is 10.6 Å². The summed E-state index contributed by atoms with van der Waals surface area (Å²) in [5.41, 5.74) is 1.29. The maximum Gasteiger partial charge on any atom is 0.149 e. The monoisotopic (exact) mass is 311 g/mol. The molecule has 1 atom stereocenters. The molecular formula is C17H18FN5. The number of benzene rings is 1. The molecule has 2 N–H and O–H groups in total. The molecule has 5 nitrogen and oxygen atoms in total. The van der Waals surface area contributed by atoms with Crippen LogP contribution in [0.15, 0.2) is 36.5 Å². The third-order valence-electron chi connectivity index (χ3n) is 3.86. The van der Waals surface area contributed by atoms with Crippen LogP contribution >= 0.6 is 0 Å². The van der Waals surface area contributed by atoms with E-state index in [4.69, 9.17) is 0 Å².